The van der Waals surface area contributed by atoms with Crippen LogP contribution in [0, 0.1) is 13.8 Å². The highest BCUT2D eigenvalue weighted by Crippen LogP contribution is 2.25. The molecule has 0 aromatic heterocycles. The van der Waals surface area contributed by atoms with E-state index in [-0.39, 0.29) is 17.3 Å². The maximum atomic E-state index is 13.4. The molecule has 0 radical (unpaired) electrons. The van der Waals surface area contributed by atoms with Crippen LogP contribution in [0.5, 0.6) is 0 Å². The number of benzene rings is 2. The van der Waals surface area contributed by atoms with Crippen molar-refractivity contribution < 1.29 is 13.2 Å². The van der Waals surface area contributed by atoms with Crippen LogP contribution in [0.25, 0.3) is 0 Å². The van der Waals surface area contributed by atoms with Gasteiger partial charge in [0.1, 0.15) is 6.54 Å². The first-order valence-corrected chi connectivity index (χ1v) is 13.4. The fourth-order valence-electron chi connectivity index (χ4n) is 4.45. The van der Waals surface area contributed by atoms with E-state index in [1.165, 1.54) is 23.6 Å². The molecule has 6 nitrogen and oxygen atoms in total. The molecule has 1 N–H and O–H groups in total. The summed E-state index contributed by atoms with van der Waals surface area (Å²) in [6, 6.07) is 14.6. The van der Waals surface area contributed by atoms with E-state index in [0.29, 0.717) is 18.3 Å². The lowest BCUT2D eigenvalue weighted by molar-refractivity contribution is -0.119. The molecule has 180 valence electrons. The molecule has 1 unspecified atom stereocenters. The number of likely N-dealkylation sites (tertiary alicyclic amines) is 1. The fourth-order valence-corrected chi connectivity index (χ4v) is 5.86. The van der Waals surface area contributed by atoms with Crippen molar-refractivity contribution in [3.63, 3.8) is 0 Å². The molecule has 0 aliphatic carbocycles. The van der Waals surface area contributed by atoms with E-state index in [1.54, 1.807) is 36.4 Å². The molecular formula is C26H37N3O3S. The molecule has 3 rings (SSSR count). The number of hydrogen-bond donors (Lipinski definition) is 1. The van der Waals surface area contributed by atoms with Gasteiger partial charge in [0.25, 0.3) is 10.0 Å². The monoisotopic (exact) mass is 471 g/mol. The van der Waals surface area contributed by atoms with Crippen LogP contribution >= 0.6 is 0 Å². The minimum Gasteiger partial charge on any atom is -0.354 e. The van der Waals surface area contributed by atoms with Crippen LogP contribution < -0.4 is 9.62 Å². The summed E-state index contributed by atoms with van der Waals surface area (Å²) in [4.78, 5) is 15.5. The van der Waals surface area contributed by atoms with Crippen LogP contribution in [0.3, 0.4) is 0 Å². The Bertz CT molecular complexity index is 1020. The van der Waals surface area contributed by atoms with Crippen molar-refractivity contribution in [1.29, 1.82) is 0 Å². The Kier molecular flexibility index (Phi) is 8.92. The summed E-state index contributed by atoms with van der Waals surface area (Å²) in [5, 5.41) is 2.93. The lowest BCUT2D eigenvalue weighted by atomic mass is 10.00. The van der Waals surface area contributed by atoms with E-state index in [0.717, 1.165) is 37.1 Å². The first kappa shape index (κ1) is 25.2. The highest BCUT2D eigenvalue weighted by molar-refractivity contribution is 7.92. The number of aryl methyl sites for hydroxylation is 2. The molecule has 1 heterocycles. The van der Waals surface area contributed by atoms with Gasteiger partial charge in [-0.3, -0.25) is 9.10 Å². The molecule has 2 aromatic rings. The van der Waals surface area contributed by atoms with E-state index in [9.17, 15) is 13.2 Å². The van der Waals surface area contributed by atoms with Gasteiger partial charge >= 0.3 is 0 Å². The third-order valence-electron chi connectivity index (χ3n) is 6.35. The van der Waals surface area contributed by atoms with Crippen molar-refractivity contribution >= 4 is 21.6 Å². The summed E-state index contributed by atoms with van der Waals surface area (Å²) < 4.78 is 28.1. The number of piperidine rings is 1. The first-order chi connectivity index (χ1) is 15.8. The Balaban J connectivity index is 1.66. The van der Waals surface area contributed by atoms with Crippen LogP contribution in [0.4, 0.5) is 5.69 Å². The topological polar surface area (TPSA) is 69.7 Å². The SMILES string of the molecule is CCC1CCCCN1CCCNC(=O)CN(c1cccc(C)c1)S(=O)(=O)c1ccc(C)cc1. The maximum Gasteiger partial charge on any atom is 0.264 e. The standard InChI is InChI=1S/C26H37N3O3S/c1-4-23-10-5-6-17-28(23)18-8-16-27-26(30)20-29(24-11-7-9-22(3)19-24)33(31,32)25-14-12-21(2)13-15-25/h7,9,11-15,19,23H,4-6,8,10,16-18,20H2,1-3H3,(H,27,30). The summed E-state index contributed by atoms with van der Waals surface area (Å²) in [6.07, 6.45) is 5.82. The van der Waals surface area contributed by atoms with E-state index in [1.807, 2.05) is 26.0 Å². The molecule has 1 fully saturated rings. The first-order valence-electron chi connectivity index (χ1n) is 12.0. The second-order valence-electron chi connectivity index (χ2n) is 8.96. The van der Waals surface area contributed by atoms with Crippen molar-refractivity contribution in [1.82, 2.24) is 10.2 Å². The number of nitrogens with one attached hydrogen (secondary N) is 1. The molecule has 0 saturated carbocycles. The third-order valence-corrected chi connectivity index (χ3v) is 8.14. The van der Waals surface area contributed by atoms with Crippen molar-refractivity contribution in [2.75, 3.05) is 30.5 Å². The third kappa shape index (κ3) is 6.81. The van der Waals surface area contributed by atoms with Crippen molar-refractivity contribution in [3.05, 3.63) is 59.7 Å². The number of anilines is 1. The number of amides is 1. The smallest absolute Gasteiger partial charge is 0.264 e. The highest BCUT2D eigenvalue weighted by atomic mass is 32.2. The Morgan fingerprint density at radius 2 is 1.85 bits per heavy atom. The zero-order valence-electron chi connectivity index (χ0n) is 20.1. The Morgan fingerprint density at radius 3 is 2.55 bits per heavy atom. The number of sulfonamides is 1. The number of nitrogens with zero attached hydrogens (tertiary/aromatic N) is 2. The van der Waals surface area contributed by atoms with Gasteiger partial charge in [0.15, 0.2) is 0 Å². The second-order valence-corrected chi connectivity index (χ2v) is 10.8. The minimum absolute atomic E-state index is 0.179. The van der Waals surface area contributed by atoms with Crippen LogP contribution in [0.15, 0.2) is 53.4 Å². The van der Waals surface area contributed by atoms with Crippen molar-refractivity contribution in [3.8, 4) is 0 Å². The molecule has 1 saturated heterocycles. The molecule has 0 spiro atoms. The molecule has 33 heavy (non-hydrogen) atoms. The van der Waals surface area contributed by atoms with Gasteiger partial charge in [0, 0.05) is 19.1 Å². The van der Waals surface area contributed by atoms with Gasteiger partial charge in [0.05, 0.1) is 10.6 Å². The quantitative estimate of drug-likeness (QED) is 0.526. The van der Waals surface area contributed by atoms with E-state index < -0.39 is 10.0 Å². The molecule has 1 atom stereocenters. The number of rotatable bonds is 10. The molecule has 1 aliphatic heterocycles. The van der Waals surface area contributed by atoms with Crippen LogP contribution in [-0.4, -0.2) is 51.4 Å². The summed E-state index contributed by atoms with van der Waals surface area (Å²) in [7, 11) is -3.88. The lowest BCUT2D eigenvalue weighted by Gasteiger charge is -2.35. The van der Waals surface area contributed by atoms with Crippen molar-refractivity contribution in [2.24, 2.45) is 0 Å². The molecular weight excluding hydrogens is 434 g/mol. The van der Waals surface area contributed by atoms with Gasteiger partial charge in [-0.15, -0.1) is 0 Å². The van der Waals surface area contributed by atoms with E-state index >= 15 is 0 Å². The lowest BCUT2D eigenvalue weighted by Crippen LogP contribution is -2.43. The van der Waals surface area contributed by atoms with Crippen molar-refractivity contribution in [2.45, 2.75) is 63.8 Å². The summed E-state index contributed by atoms with van der Waals surface area (Å²) >= 11 is 0. The van der Waals surface area contributed by atoms with E-state index in [4.69, 9.17) is 0 Å². The number of carbonyl (C=O) groups is 1. The van der Waals surface area contributed by atoms with Crippen LogP contribution in [0.2, 0.25) is 0 Å². The maximum absolute atomic E-state index is 13.4. The summed E-state index contributed by atoms with van der Waals surface area (Å²) in [5.41, 5.74) is 2.40. The predicted octanol–water partition coefficient (Wildman–Crippen LogP) is 4.27. The van der Waals surface area contributed by atoms with Gasteiger partial charge < -0.3 is 10.2 Å². The molecule has 7 heteroatoms. The van der Waals surface area contributed by atoms with Gasteiger partial charge in [-0.25, -0.2) is 8.42 Å². The number of carbonyl (C=O) groups excluding carboxylic acids is 1. The second kappa shape index (κ2) is 11.7. The minimum atomic E-state index is -3.88. The Morgan fingerprint density at radius 1 is 1.09 bits per heavy atom. The normalized spacial score (nSPS) is 17.0. The average Bonchev–Trinajstić information content (AvgIpc) is 2.80. The van der Waals surface area contributed by atoms with Gasteiger partial charge in [0.2, 0.25) is 5.91 Å². The van der Waals surface area contributed by atoms with E-state index in [2.05, 4.69) is 17.1 Å². The fraction of sp³-hybridized carbons (Fsp3) is 0.500. The highest BCUT2D eigenvalue weighted by Gasteiger charge is 2.27. The van der Waals surface area contributed by atoms with Crippen LogP contribution in [0.1, 0.15) is 50.2 Å². The molecule has 2 aromatic carbocycles. The Hall–Kier alpha value is -2.38. The molecule has 1 aliphatic rings. The summed E-state index contributed by atoms with van der Waals surface area (Å²) in [5.74, 6) is -0.294. The average molecular weight is 472 g/mol. The number of hydrogen-bond acceptors (Lipinski definition) is 4. The van der Waals surface area contributed by atoms with Gasteiger partial charge in [-0.05, 0) is 75.9 Å². The zero-order valence-corrected chi connectivity index (χ0v) is 20.9. The predicted molar refractivity (Wildman–Crippen MR) is 134 cm³/mol. The largest absolute Gasteiger partial charge is 0.354 e. The Labute approximate surface area is 199 Å². The molecule has 1 amide bonds. The van der Waals surface area contributed by atoms with Gasteiger partial charge in [-0.2, -0.15) is 0 Å². The van der Waals surface area contributed by atoms with Gasteiger partial charge in [-0.1, -0.05) is 43.2 Å². The van der Waals surface area contributed by atoms with Crippen LogP contribution in [-0.2, 0) is 14.8 Å². The zero-order chi connectivity index (χ0) is 23.8. The molecule has 0 bridgehead atoms. The summed E-state index contributed by atoms with van der Waals surface area (Å²) in [6.45, 7) is 8.43.